The van der Waals surface area contributed by atoms with Crippen LogP contribution in [0.2, 0.25) is 0 Å². The van der Waals surface area contributed by atoms with Crippen LogP contribution >= 0.6 is 0 Å². The molecule has 1 aromatic rings. The average molecular weight is 290 g/mol. The maximum atomic E-state index is 6.01. The third-order valence-electron chi connectivity index (χ3n) is 4.29. The molecule has 21 heavy (non-hydrogen) atoms. The Morgan fingerprint density at radius 2 is 2.14 bits per heavy atom. The fraction of sp³-hybridized carbons (Fsp3) is 0.647. The third-order valence-corrected chi connectivity index (χ3v) is 4.29. The average Bonchev–Trinajstić information content (AvgIpc) is 2.88. The lowest BCUT2D eigenvalue weighted by molar-refractivity contribution is 0.0339. The van der Waals surface area contributed by atoms with Crippen LogP contribution in [0.4, 0.5) is 0 Å². The van der Waals surface area contributed by atoms with Crippen molar-refractivity contribution in [3.8, 4) is 5.75 Å². The first-order valence-electron chi connectivity index (χ1n) is 8.00. The fourth-order valence-electron chi connectivity index (χ4n) is 3.13. The van der Waals surface area contributed by atoms with Crippen molar-refractivity contribution in [2.45, 2.75) is 32.4 Å². The van der Waals surface area contributed by atoms with Crippen molar-refractivity contribution in [2.24, 2.45) is 0 Å². The van der Waals surface area contributed by atoms with Gasteiger partial charge in [0, 0.05) is 38.6 Å². The summed E-state index contributed by atoms with van der Waals surface area (Å²) in [5.74, 6) is 1.06. The highest BCUT2D eigenvalue weighted by atomic mass is 16.5. The molecule has 4 heteroatoms. The zero-order valence-corrected chi connectivity index (χ0v) is 13.1. The molecule has 2 aliphatic rings. The maximum Gasteiger partial charge on any atom is 0.123 e. The van der Waals surface area contributed by atoms with Crippen molar-refractivity contribution >= 4 is 0 Å². The second kappa shape index (κ2) is 6.77. The van der Waals surface area contributed by atoms with Gasteiger partial charge in [0.1, 0.15) is 11.9 Å². The Bertz CT molecular complexity index is 472. The quantitative estimate of drug-likeness (QED) is 0.893. The van der Waals surface area contributed by atoms with E-state index in [0.29, 0.717) is 6.04 Å². The number of nitrogens with zero attached hydrogens (tertiary/aromatic N) is 1. The molecule has 4 nitrogen and oxygen atoms in total. The zero-order valence-electron chi connectivity index (χ0n) is 13.1. The Hall–Kier alpha value is -1.10. The minimum Gasteiger partial charge on any atom is -0.488 e. The van der Waals surface area contributed by atoms with Crippen LogP contribution < -0.4 is 10.1 Å². The van der Waals surface area contributed by atoms with Gasteiger partial charge in [-0.25, -0.2) is 0 Å². The van der Waals surface area contributed by atoms with Crippen molar-refractivity contribution in [3.63, 3.8) is 0 Å². The summed E-state index contributed by atoms with van der Waals surface area (Å²) in [5.41, 5.74) is 2.66. The maximum absolute atomic E-state index is 6.01. The zero-order chi connectivity index (χ0) is 14.7. The molecule has 2 unspecified atom stereocenters. The molecule has 0 aliphatic carbocycles. The second-order valence-electron chi connectivity index (χ2n) is 6.28. The lowest BCUT2D eigenvalue weighted by Gasteiger charge is -2.29. The van der Waals surface area contributed by atoms with Gasteiger partial charge >= 0.3 is 0 Å². The number of hydrogen-bond donors (Lipinski definition) is 1. The van der Waals surface area contributed by atoms with E-state index in [9.17, 15) is 0 Å². The van der Waals surface area contributed by atoms with E-state index in [1.165, 1.54) is 11.1 Å². The van der Waals surface area contributed by atoms with E-state index in [0.717, 1.165) is 51.6 Å². The molecule has 1 fully saturated rings. The lowest BCUT2D eigenvalue weighted by atomic mass is 10.1. The topological polar surface area (TPSA) is 33.7 Å². The molecule has 0 aromatic heterocycles. The fourth-order valence-corrected chi connectivity index (χ4v) is 3.13. The number of benzene rings is 1. The van der Waals surface area contributed by atoms with E-state index in [2.05, 4.69) is 42.3 Å². The molecular weight excluding hydrogens is 264 g/mol. The first-order chi connectivity index (χ1) is 10.2. The van der Waals surface area contributed by atoms with Crippen molar-refractivity contribution in [3.05, 3.63) is 29.3 Å². The van der Waals surface area contributed by atoms with E-state index < -0.39 is 0 Å². The molecule has 3 rings (SSSR count). The molecule has 2 heterocycles. The van der Waals surface area contributed by atoms with Crippen LogP contribution in [0.3, 0.4) is 0 Å². The number of fused-ring (bicyclic) bond motifs is 1. The van der Waals surface area contributed by atoms with Crippen molar-refractivity contribution < 1.29 is 9.47 Å². The molecule has 116 valence electrons. The van der Waals surface area contributed by atoms with Gasteiger partial charge in [-0.1, -0.05) is 17.7 Å². The summed E-state index contributed by atoms with van der Waals surface area (Å²) in [6.07, 6.45) is 1.29. The summed E-state index contributed by atoms with van der Waals surface area (Å²) < 4.78 is 11.4. The summed E-state index contributed by atoms with van der Waals surface area (Å²) in [6, 6.07) is 6.95. The molecule has 0 saturated carbocycles. The molecule has 0 radical (unpaired) electrons. The monoisotopic (exact) mass is 290 g/mol. The molecule has 0 amide bonds. The Morgan fingerprint density at radius 3 is 2.95 bits per heavy atom. The number of morpholine rings is 1. The van der Waals surface area contributed by atoms with E-state index in [1.54, 1.807) is 0 Å². The van der Waals surface area contributed by atoms with Gasteiger partial charge in [0.25, 0.3) is 0 Å². The van der Waals surface area contributed by atoms with Gasteiger partial charge in [0.05, 0.1) is 13.2 Å². The van der Waals surface area contributed by atoms with E-state index in [-0.39, 0.29) is 6.10 Å². The first kappa shape index (κ1) is 14.8. The largest absolute Gasteiger partial charge is 0.488 e. The van der Waals surface area contributed by atoms with Gasteiger partial charge in [-0.2, -0.15) is 0 Å². The van der Waals surface area contributed by atoms with Gasteiger partial charge in [-0.15, -0.1) is 0 Å². The van der Waals surface area contributed by atoms with Crippen LogP contribution in [0.25, 0.3) is 0 Å². The number of aryl methyl sites for hydroxylation is 1. The van der Waals surface area contributed by atoms with E-state index in [1.807, 2.05) is 0 Å². The summed E-state index contributed by atoms with van der Waals surface area (Å²) >= 11 is 0. The molecule has 0 bridgehead atoms. The van der Waals surface area contributed by atoms with Crippen LogP contribution in [-0.2, 0) is 11.2 Å². The number of ether oxygens (including phenoxy) is 2. The van der Waals surface area contributed by atoms with Gasteiger partial charge in [-0.3, -0.25) is 4.90 Å². The molecule has 2 aliphatic heterocycles. The van der Waals surface area contributed by atoms with Crippen molar-refractivity contribution in [2.75, 3.05) is 39.4 Å². The van der Waals surface area contributed by atoms with Crippen LogP contribution in [-0.4, -0.2) is 56.4 Å². The number of hydrogen-bond acceptors (Lipinski definition) is 4. The normalized spacial score (nSPS) is 23.6. The first-order valence-corrected chi connectivity index (χ1v) is 8.00. The van der Waals surface area contributed by atoms with Crippen molar-refractivity contribution in [1.29, 1.82) is 0 Å². The standard InChI is InChI=1S/C17H26N2O2/c1-13-3-4-17-15(9-13)10-16(21-17)11-18-14(2)12-19-5-7-20-8-6-19/h3-4,9,14,16,18H,5-8,10-12H2,1-2H3. The molecule has 1 aromatic carbocycles. The minimum absolute atomic E-state index is 0.272. The molecule has 0 spiro atoms. The Balaban J connectivity index is 1.42. The Morgan fingerprint density at radius 1 is 1.33 bits per heavy atom. The SMILES string of the molecule is Cc1ccc2c(c1)CC(CNC(C)CN1CCOCC1)O2. The minimum atomic E-state index is 0.272. The summed E-state index contributed by atoms with van der Waals surface area (Å²) in [7, 11) is 0. The predicted octanol–water partition coefficient (Wildman–Crippen LogP) is 1.61. The van der Waals surface area contributed by atoms with Crippen molar-refractivity contribution in [1.82, 2.24) is 10.2 Å². The highest BCUT2D eigenvalue weighted by molar-refractivity contribution is 5.40. The van der Waals surface area contributed by atoms with E-state index >= 15 is 0 Å². The molecule has 2 atom stereocenters. The number of nitrogens with one attached hydrogen (secondary N) is 1. The summed E-state index contributed by atoms with van der Waals surface area (Å²) in [4.78, 5) is 2.47. The van der Waals surface area contributed by atoms with Crippen LogP contribution in [0.1, 0.15) is 18.1 Å². The third kappa shape index (κ3) is 3.96. The number of rotatable bonds is 5. The van der Waals surface area contributed by atoms with Gasteiger partial charge in [0.2, 0.25) is 0 Å². The van der Waals surface area contributed by atoms with Gasteiger partial charge in [-0.05, 0) is 25.5 Å². The van der Waals surface area contributed by atoms with E-state index in [4.69, 9.17) is 9.47 Å². The molecular formula is C17H26N2O2. The van der Waals surface area contributed by atoms with Crippen LogP contribution in [0.5, 0.6) is 5.75 Å². The molecule has 1 N–H and O–H groups in total. The lowest BCUT2D eigenvalue weighted by Crippen LogP contribution is -2.46. The predicted molar refractivity (Wildman–Crippen MR) is 84.0 cm³/mol. The summed E-state index contributed by atoms with van der Waals surface area (Å²) in [6.45, 7) is 10.2. The smallest absolute Gasteiger partial charge is 0.123 e. The van der Waals surface area contributed by atoms with Gasteiger partial charge < -0.3 is 14.8 Å². The highest BCUT2D eigenvalue weighted by Crippen LogP contribution is 2.29. The highest BCUT2D eigenvalue weighted by Gasteiger charge is 2.23. The Labute approximate surface area is 127 Å². The van der Waals surface area contributed by atoms with Gasteiger partial charge in [0.15, 0.2) is 0 Å². The molecule has 1 saturated heterocycles. The van der Waals surface area contributed by atoms with Crippen LogP contribution in [0, 0.1) is 6.92 Å². The second-order valence-corrected chi connectivity index (χ2v) is 6.28. The van der Waals surface area contributed by atoms with Crippen LogP contribution in [0.15, 0.2) is 18.2 Å². The summed E-state index contributed by atoms with van der Waals surface area (Å²) in [5, 5.41) is 3.61. The Kier molecular flexibility index (Phi) is 4.78.